The molecule has 0 saturated heterocycles. The van der Waals surface area contributed by atoms with Crippen LogP contribution in [0.25, 0.3) is 0 Å². The van der Waals surface area contributed by atoms with Gasteiger partial charge in [-0.1, -0.05) is 29.8 Å². The van der Waals surface area contributed by atoms with Crippen molar-refractivity contribution in [2.24, 2.45) is 5.73 Å². The molecule has 0 saturated carbocycles. The second-order valence-electron chi connectivity index (χ2n) is 4.89. The molecule has 0 aromatic heterocycles. The van der Waals surface area contributed by atoms with Crippen LogP contribution in [-0.4, -0.2) is 6.03 Å². The number of halogens is 1. The van der Waals surface area contributed by atoms with Crippen LogP contribution in [0.1, 0.15) is 24.1 Å². The van der Waals surface area contributed by atoms with E-state index in [0.717, 1.165) is 21.8 Å². The van der Waals surface area contributed by atoms with Crippen molar-refractivity contribution in [1.82, 2.24) is 0 Å². The highest BCUT2D eigenvalue weighted by atomic mass is 35.5. The van der Waals surface area contributed by atoms with Gasteiger partial charge in [-0.05, 0) is 49.2 Å². The number of anilines is 2. The molecule has 1 unspecified atom stereocenters. The van der Waals surface area contributed by atoms with Crippen LogP contribution in [0, 0.1) is 6.92 Å². The summed E-state index contributed by atoms with van der Waals surface area (Å²) in [5.41, 5.74) is 8.89. The number of amides is 2. The molecule has 0 bridgehead atoms. The number of rotatable bonds is 4. The van der Waals surface area contributed by atoms with Crippen LogP contribution in [0.15, 0.2) is 42.5 Å². The summed E-state index contributed by atoms with van der Waals surface area (Å²) in [4.78, 5) is 10.8. The number of nitrogens with one attached hydrogen (secondary N) is 2. The summed E-state index contributed by atoms with van der Waals surface area (Å²) in [5.74, 6) is 0. The van der Waals surface area contributed by atoms with Crippen LogP contribution in [-0.2, 0) is 0 Å². The standard InChI is InChI=1S/C16H18ClN3O/c1-10-14(17)4-3-5-15(10)19-11(2)12-6-8-13(9-7-12)20-16(18)21/h3-9,11,19H,1-2H3,(H3,18,20,21). The molecule has 0 aliphatic heterocycles. The van der Waals surface area contributed by atoms with E-state index in [9.17, 15) is 4.79 Å². The number of hydrogen-bond donors (Lipinski definition) is 3. The predicted octanol–water partition coefficient (Wildman–Crippen LogP) is 4.31. The van der Waals surface area contributed by atoms with Crippen molar-refractivity contribution in [3.05, 3.63) is 58.6 Å². The number of carbonyl (C=O) groups is 1. The van der Waals surface area contributed by atoms with Crippen LogP contribution in [0.4, 0.5) is 16.2 Å². The van der Waals surface area contributed by atoms with Crippen LogP contribution < -0.4 is 16.4 Å². The molecule has 0 spiro atoms. The molecule has 0 aliphatic rings. The fourth-order valence-electron chi connectivity index (χ4n) is 2.08. The molecule has 0 heterocycles. The van der Waals surface area contributed by atoms with Gasteiger partial charge in [-0.2, -0.15) is 0 Å². The first-order valence-electron chi connectivity index (χ1n) is 6.65. The van der Waals surface area contributed by atoms with E-state index in [4.69, 9.17) is 17.3 Å². The van der Waals surface area contributed by atoms with Gasteiger partial charge in [0.05, 0.1) is 0 Å². The Morgan fingerprint density at radius 2 is 1.86 bits per heavy atom. The van der Waals surface area contributed by atoms with Crippen LogP contribution in [0.2, 0.25) is 5.02 Å². The fraction of sp³-hybridized carbons (Fsp3) is 0.188. The van der Waals surface area contributed by atoms with Gasteiger partial charge < -0.3 is 16.4 Å². The largest absolute Gasteiger partial charge is 0.378 e. The highest BCUT2D eigenvalue weighted by Crippen LogP contribution is 2.27. The third kappa shape index (κ3) is 3.89. The van der Waals surface area contributed by atoms with Gasteiger partial charge in [-0.15, -0.1) is 0 Å². The molecule has 2 amide bonds. The molecule has 2 rings (SSSR count). The van der Waals surface area contributed by atoms with Crippen molar-refractivity contribution in [3.8, 4) is 0 Å². The number of nitrogens with two attached hydrogens (primary N) is 1. The third-order valence-corrected chi connectivity index (χ3v) is 3.73. The van der Waals surface area contributed by atoms with E-state index in [0.29, 0.717) is 5.69 Å². The zero-order valence-electron chi connectivity index (χ0n) is 12.0. The lowest BCUT2D eigenvalue weighted by molar-refractivity contribution is 0.259. The summed E-state index contributed by atoms with van der Waals surface area (Å²) in [5, 5.41) is 6.71. The fourth-order valence-corrected chi connectivity index (χ4v) is 2.25. The minimum absolute atomic E-state index is 0.116. The van der Waals surface area contributed by atoms with Gasteiger partial charge in [0.2, 0.25) is 0 Å². The molecular formula is C16H18ClN3O. The second kappa shape index (κ2) is 6.50. The molecule has 0 aliphatic carbocycles. The van der Waals surface area contributed by atoms with E-state index in [1.807, 2.05) is 49.4 Å². The van der Waals surface area contributed by atoms with Gasteiger partial charge in [-0.3, -0.25) is 0 Å². The zero-order chi connectivity index (χ0) is 15.4. The minimum Gasteiger partial charge on any atom is -0.378 e. The van der Waals surface area contributed by atoms with E-state index in [2.05, 4.69) is 17.6 Å². The van der Waals surface area contributed by atoms with E-state index < -0.39 is 6.03 Å². The Morgan fingerprint density at radius 3 is 2.48 bits per heavy atom. The number of urea groups is 1. The normalized spacial score (nSPS) is 11.8. The average molecular weight is 304 g/mol. The van der Waals surface area contributed by atoms with Crippen LogP contribution >= 0.6 is 11.6 Å². The van der Waals surface area contributed by atoms with Crippen molar-refractivity contribution in [2.75, 3.05) is 10.6 Å². The Kier molecular flexibility index (Phi) is 4.70. The van der Waals surface area contributed by atoms with Gasteiger partial charge in [0.25, 0.3) is 0 Å². The maximum absolute atomic E-state index is 10.8. The Hall–Kier alpha value is -2.20. The SMILES string of the molecule is Cc1c(Cl)cccc1NC(C)c1ccc(NC(N)=O)cc1. The summed E-state index contributed by atoms with van der Waals surface area (Å²) in [7, 11) is 0. The molecule has 4 N–H and O–H groups in total. The molecule has 21 heavy (non-hydrogen) atoms. The van der Waals surface area contributed by atoms with Gasteiger partial charge in [-0.25, -0.2) is 4.79 Å². The van der Waals surface area contributed by atoms with Gasteiger partial charge in [0.1, 0.15) is 0 Å². The topological polar surface area (TPSA) is 67.2 Å². The summed E-state index contributed by atoms with van der Waals surface area (Å²) in [6.07, 6.45) is 0. The highest BCUT2D eigenvalue weighted by molar-refractivity contribution is 6.31. The molecule has 1 atom stereocenters. The van der Waals surface area contributed by atoms with Crippen molar-refractivity contribution in [3.63, 3.8) is 0 Å². The Labute approximate surface area is 129 Å². The molecule has 2 aromatic rings. The smallest absolute Gasteiger partial charge is 0.316 e. The minimum atomic E-state index is -0.566. The maximum Gasteiger partial charge on any atom is 0.316 e. The average Bonchev–Trinajstić information content (AvgIpc) is 2.44. The zero-order valence-corrected chi connectivity index (χ0v) is 12.7. The summed E-state index contributed by atoms with van der Waals surface area (Å²) < 4.78 is 0. The lowest BCUT2D eigenvalue weighted by Crippen LogP contribution is -2.19. The van der Waals surface area contributed by atoms with Crippen LogP contribution in [0.5, 0.6) is 0 Å². The Bertz CT molecular complexity index is 640. The molecule has 5 heteroatoms. The third-order valence-electron chi connectivity index (χ3n) is 3.32. The number of primary amides is 1. The van der Waals surface area contributed by atoms with Crippen molar-refractivity contribution < 1.29 is 4.79 Å². The molecule has 0 fully saturated rings. The van der Waals surface area contributed by atoms with E-state index >= 15 is 0 Å². The van der Waals surface area contributed by atoms with Crippen LogP contribution in [0.3, 0.4) is 0 Å². The van der Waals surface area contributed by atoms with E-state index in [1.54, 1.807) is 0 Å². The quantitative estimate of drug-likeness (QED) is 0.787. The second-order valence-corrected chi connectivity index (χ2v) is 5.30. The first-order chi connectivity index (χ1) is 9.97. The van der Waals surface area contributed by atoms with Gasteiger partial charge in [0.15, 0.2) is 0 Å². The molecular weight excluding hydrogens is 286 g/mol. The lowest BCUT2D eigenvalue weighted by atomic mass is 10.1. The van der Waals surface area contributed by atoms with E-state index in [-0.39, 0.29) is 6.04 Å². The first-order valence-corrected chi connectivity index (χ1v) is 7.03. The maximum atomic E-state index is 10.8. The molecule has 2 aromatic carbocycles. The summed E-state index contributed by atoms with van der Waals surface area (Å²) in [6.45, 7) is 4.05. The van der Waals surface area contributed by atoms with Gasteiger partial charge in [0, 0.05) is 22.4 Å². The highest BCUT2D eigenvalue weighted by Gasteiger charge is 2.08. The summed E-state index contributed by atoms with van der Waals surface area (Å²) in [6, 6.07) is 12.9. The first kappa shape index (κ1) is 15.2. The summed E-state index contributed by atoms with van der Waals surface area (Å²) >= 11 is 6.12. The predicted molar refractivity (Wildman–Crippen MR) is 87.9 cm³/mol. The molecule has 0 radical (unpaired) electrons. The molecule has 110 valence electrons. The number of benzene rings is 2. The lowest BCUT2D eigenvalue weighted by Gasteiger charge is -2.18. The monoisotopic (exact) mass is 303 g/mol. The van der Waals surface area contributed by atoms with E-state index in [1.165, 1.54) is 0 Å². The number of carbonyl (C=O) groups excluding carboxylic acids is 1. The molecule has 4 nitrogen and oxygen atoms in total. The number of hydrogen-bond acceptors (Lipinski definition) is 2. The Morgan fingerprint density at radius 1 is 1.19 bits per heavy atom. The Balaban J connectivity index is 2.11. The van der Waals surface area contributed by atoms with Gasteiger partial charge >= 0.3 is 6.03 Å². The van der Waals surface area contributed by atoms with Crippen molar-refractivity contribution in [1.29, 1.82) is 0 Å². The van der Waals surface area contributed by atoms with Crippen molar-refractivity contribution >= 4 is 29.0 Å². The van der Waals surface area contributed by atoms with Crippen molar-refractivity contribution in [2.45, 2.75) is 19.9 Å².